The van der Waals surface area contributed by atoms with Gasteiger partial charge in [-0.1, -0.05) is 36.4 Å². The molecule has 35 heavy (non-hydrogen) atoms. The van der Waals surface area contributed by atoms with Gasteiger partial charge < -0.3 is 4.74 Å². The maximum atomic E-state index is 5.53. The molecule has 0 atom stereocenters. The maximum absolute atomic E-state index is 5.53. The molecule has 0 aliphatic rings. The summed E-state index contributed by atoms with van der Waals surface area (Å²) in [5.74, 6) is 1.62. The van der Waals surface area contributed by atoms with Gasteiger partial charge in [-0.05, 0) is 48.0 Å². The van der Waals surface area contributed by atoms with Gasteiger partial charge in [0.15, 0.2) is 0 Å². The Morgan fingerprint density at radius 2 is 1.57 bits per heavy atom. The number of rotatable bonds is 5. The van der Waals surface area contributed by atoms with Gasteiger partial charge in [0, 0.05) is 41.3 Å². The van der Waals surface area contributed by atoms with Crippen LogP contribution in [0.2, 0.25) is 0 Å². The molecular weight excluding hydrogens is 434 g/mol. The first-order chi connectivity index (χ1) is 17.3. The summed E-state index contributed by atoms with van der Waals surface area (Å²) in [6.07, 6.45) is 9.19. The van der Waals surface area contributed by atoms with Crippen molar-refractivity contribution in [1.29, 1.82) is 0 Å². The Labute approximate surface area is 202 Å². The second-order valence-corrected chi connectivity index (χ2v) is 8.07. The number of hydrogen-bond donors (Lipinski definition) is 0. The van der Waals surface area contributed by atoms with Crippen LogP contribution in [-0.4, -0.2) is 31.6 Å². The lowest BCUT2D eigenvalue weighted by molar-refractivity contribution is 0.415. The third-order valence-electron chi connectivity index (χ3n) is 5.93. The molecule has 0 aliphatic heterocycles. The van der Waals surface area contributed by atoms with Crippen molar-refractivity contribution < 1.29 is 4.74 Å². The lowest BCUT2D eigenvalue weighted by atomic mass is 10.00. The molecular formula is C29H21N5O. The average molecular weight is 456 g/mol. The standard InChI is InChI=1S/C29H21N5O/c1-35-24-16-22-6-4-15-32-28(22)25(17-24)20-9-11-21(12-10-20)29-33-27(26-8-2-3-14-31-26)19-34(29)23-7-5-13-30-18-23/h2-19H,1H3. The van der Waals surface area contributed by atoms with E-state index >= 15 is 0 Å². The molecule has 0 amide bonds. The fourth-order valence-electron chi connectivity index (χ4n) is 4.22. The molecule has 2 aromatic carbocycles. The lowest BCUT2D eigenvalue weighted by Gasteiger charge is -2.11. The highest BCUT2D eigenvalue weighted by molar-refractivity contribution is 5.95. The summed E-state index contributed by atoms with van der Waals surface area (Å²) in [6.45, 7) is 0. The monoisotopic (exact) mass is 455 g/mol. The Bertz CT molecular complexity index is 1610. The molecule has 0 unspecified atom stereocenters. The number of methoxy groups -OCH3 is 1. The SMILES string of the molecule is COc1cc(-c2ccc(-c3nc(-c4ccccn4)cn3-c3cccnc3)cc2)c2ncccc2c1. The van der Waals surface area contributed by atoms with E-state index in [9.17, 15) is 0 Å². The van der Waals surface area contributed by atoms with Gasteiger partial charge in [-0.15, -0.1) is 0 Å². The molecule has 168 valence electrons. The van der Waals surface area contributed by atoms with Gasteiger partial charge in [0.1, 0.15) is 17.3 Å². The first kappa shape index (κ1) is 20.7. The van der Waals surface area contributed by atoms with E-state index in [0.717, 1.165) is 56.2 Å². The highest BCUT2D eigenvalue weighted by Gasteiger charge is 2.15. The Hall–Kier alpha value is -4.84. The van der Waals surface area contributed by atoms with Crippen molar-refractivity contribution in [3.63, 3.8) is 0 Å². The number of imidazole rings is 1. The molecule has 6 heteroatoms. The van der Waals surface area contributed by atoms with Crippen molar-refractivity contribution in [2.24, 2.45) is 0 Å². The van der Waals surface area contributed by atoms with E-state index < -0.39 is 0 Å². The Morgan fingerprint density at radius 3 is 2.34 bits per heavy atom. The van der Waals surface area contributed by atoms with Crippen LogP contribution >= 0.6 is 0 Å². The third-order valence-corrected chi connectivity index (χ3v) is 5.93. The van der Waals surface area contributed by atoms with Gasteiger partial charge >= 0.3 is 0 Å². The molecule has 0 N–H and O–H groups in total. The zero-order valence-corrected chi connectivity index (χ0v) is 19.0. The third kappa shape index (κ3) is 3.91. The highest BCUT2D eigenvalue weighted by atomic mass is 16.5. The zero-order valence-electron chi connectivity index (χ0n) is 19.0. The van der Waals surface area contributed by atoms with Crippen molar-refractivity contribution in [2.75, 3.05) is 7.11 Å². The maximum Gasteiger partial charge on any atom is 0.145 e. The molecule has 0 aliphatic carbocycles. The van der Waals surface area contributed by atoms with Crippen LogP contribution in [0.5, 0.6) is 5.75 Å². The molecule has 0 radical (unpaired) electrons. The van der Waals surface area contributed by atoms with Crippen molar-refractivity contribution >= 4 is 10.9 Å². The molecule has 6 aromatic rings. The summed E-state index contributed by atoms with van der Waals surface area (Å²) in [4.78, 5) is 18.3. The lowest BCUT2D eigenvalue weighted by Crippen LogP contribution is -1.96. The fraction of sp³-hybridized carbons (Fsp3) is 0.0345. The van der Waals surface area contributed by atoms with Crippen LogP contribution in [0.25, 0.3) is 50.5 Å². The molecule has 4 heterocycles. The second kappa shape index (κ2) is 8.83. The van der Waals surface area contributed by atoms with Gasteiger partial charge in [0.25, 0.3) is 0 Å². The van der Waals surface area contributed by atoms with E-state index in [0.29, 0.717) is 0 Å². The number of fused-ring (bicyclic) bond motifs is 1. The largest absolute Gasteiger partial charge is 0.497 e. The first-order valence-corrected chi connectivity index (χ1v) is 11.2. The number of benzene rings is 2. The zero-order chi connectivity index (χ0) is 23.6. The Morgan fingerprint density at radius 1 is 0.743 bits per heavy atom. The Balaban J connectivity index is 1.46. The molecule has 0 bridgehead atoms. The van der Waals surface area contributed by atoms with Crippen molar-refractivity contribution in [1.82, 2.24) is 24.5 Å². The van der Waals surface area contributed by atoms with Gasteiger partial charge in [0.2, 0.25) is 0 Å². The van der Waals surface area contributed by atoms with Crippen LogP contribution < -0.4 is 4.74 Å². The molecule has 0 fully saturated rings. The van der Waals surface area contributed by atoms with Crippen LogP contribution in [0.4, 0.5) is 0 Å². The molecule has 4 aromatic heterocycles. The fourth-order valence-corrected chi connectivity index (χ4v) is 4.22. The summed E-state index contributed by atoms with van der Waals surface area (Å²) in [5.41, 5.74) is 6.56. The smallest absolute Gasteiger partial charge is 0.145 e. The van der Waals surface area contributed by atoms with E-state index in [4.69, 9.17) is 9.72 Å². The number of pyridine rings is 3. The van der Waals surface area contributed by atoms with Crippen molar-refractivity contribution in [3.05, 3.63) is 110 Å². The summed E-state index contributed by atoms with van der Waals surface area (Å²) < 4.78 is 7.58. The Kier molecular flexibility index (Phi) is 5.24. The van der Waals surface area contributed by atoms with E-state index in [1.165, 1.54) is 0 Å². The number of aromatic nitrogens is 5. The van der Waals surface area contributed by atoms with Gasteiger partial charge in [-0.3, -0.25) is 19.5 Å². The minimum Gasteiger partial charge on any atom is -0.497 e. The van der Waals surface area contributed by atoms with Crippen LogP contribution in [0.3, 0.4) is 0 Å². The number of nitrogens with zero attached hydrogens (tertiary/aromatic N) is 5. The second-order valence-electron chi connectivity index (χ2n) is 8.07. The predicted molar refractivity (Wildman–Crippen MR) is 137 cm³/mol. The number of ether oxygens (including phenoxy) is 1. The van der Waals surface area contributed by atoms with E-state index in [-0.39, 0.29) is 0 Å². The molecule has 6 nitrogen and oxygen atoms in total. The van der Waals surface area contributed by atoms with Crippen molar-refractivity contribution in [2.45, 2.75) is 0 Å². The summed E-state index contributed by atoms with van der Waals surface area (Å²) in [7, 11) is 1.68. The first-order valence-electron chi connectivity index (χ1n) is 11.2. The molecule has 0 spiro atoms. The molecule has 0 saturated heterocycles. The van der Waals surface area contributed by atoms with E-state index in [1.54, 1.807) is 19.5 Å². The average Bonchev–Trinajstić information content (AvgIpc) is 3.39. The van der Waals surface area contributed by atoms with Crippen LogP contribution in [0.15, 0.2) is 110 Å². The highest BCUT2D eigenvalue weighted by Crippen LogP contribution is 2.34. The van der Waals surface area contributed by atoms with Gasteiger partial charge in [-0.25, -0.2) is 4.98 Å². The summed E-state index contributed by atoms with van der Waals surface area (Å²) in [6, 6.07) is 26.1. The normalized spacial score (nSPS) is 11.0. The van der Waals surface area contributed by atoms with Crippen LogP contribution in [0.1, 0.15) is 0 Å². The van der Waals surface area contributed by atoms with E-state index in [1.807, 2.05) is 73.2 Å². The summed E-state index contributed by atoms with van der Waals surface area (Å²) >= 11 is 0. The topological polar surface area (TPSA) is 65.7 Å². The summed E-state index contributed by atoms with van der Waals surface area (Å²) in [5, 5.41) is 1.04. The quantitative estimate of drug-likeness (QED) is 0.309. The van der Waals surface area contributed by atoms with Gasteiger partial charge in [-0.2, -0.15) is 0 Å². The molecule has 0 saturated carbocycles. The predicted octanol–water partition coefficient (Wildman–Crippen LogP) is 6.22. The van der Waals surface area contributed by atoms with Crippen LogP contribution in [-0.2, 0) is 0 Å². The van der Waals surface area contributed by atoms with Crippen molar-refractivity contribution in [3.8, 4) is 45.3 Å². The molecule has 6 rings (SSSR count). The van der Waals surface area contributed by atoms with Gasteiger partial charge in [0.05, 0.1) is 30.2 Å². The number of hydrogen-bond acceptors (Lipinski definition) is 5. The van der Waals surface area contributed by atoms with Crippen LogP contribution in [0, 0.1) is 0 Å². The van der Waals surface area contributed by atoms with E-state index in [2.05, 4.69) is 43.8 Å². The minimum absolute atomic E-state index is 0.802. The minimum atomic E-state index is 0.802.